The Balaban J connectivity index is 1.98. The van der Waals surface area contributed by atoms with E-state index in [4.69, 9.17) is 0 Å². The minimum atomic E-state index is 0.269. The number of benzene rings is 2. The highest BCUT2D eigenvalue weighted by Crippen LogP contribution is 2.37. The van der Waals surface area contributed by atoms with Gasteiger partial charge in [-0.25, -0.2) is 6.07 Å². The lowest BCUT2D eigenvalue weighted by Crippen LogP contribution is -2.01. The summed E-state index contributed by atoms with van der Waals surface area (Å²) in [5.74, 6) is 0.269. The third kappa shape index (κ3) is 2.06. The van der Waals surface area contributed by atoms with Crippen LogP contribution < -0.4 is 0 Å². The number of hydrogen-bond acceptors (Lipinski definition) is 0. The topological polar surface area (TPSA) is 15.8 Å². The molecule has 108 valence electrons. The molecule has 1 heterocycles. The second-order valence-electron chi connectivity index (χ2n) is 5.80. The Bertz CT molecular complexity index is 882. The molecule has 1 atom stereocenters. The minimum absolute atomic E-state index is 0.269. The van der Waals surface area contributed by atoms with Gasteiger partial charge in [-0.3, -0.25) is 0 Å². The Morgan fingerprint density at radius 3 is 2.55 bits per heavy atom. The molecule has 1 heteroatoms. The van der Waals surface area contributed by atoms with E-state index in [0.717, 1.165) is 0 Å². The molecule has 0 saturated carbocycles. The van der Waals surface area contributed by atoms with Gasteiger partial charge in [0.25, 0.3) is 0 Å². The second kappa shape index (κ2) is 5.27. The average Bonchev–Trinajstić information content (AvgIpc) is 3.20. The molecule has 4 rings (SSSR count). The monoisotopic (exact) mass is 284 g/mol. The van der Waals surface area contributed by atoms with Crippen LogP contribution in [-0.2, 0) is 0 Å². The van der Waals surface area contributed by atoms with Crippen LogP contribution in [0.15, 0.2) is 79.0 Å². The molecule has 1 unspecified atom stereocenters. The molecule has 0 amide bonds. The number of nitrogens with one attached hydrogen (secondary N) is 1. The Morgan fingerprint density at radius 2 is 1.77 bits per heavy atom. The fraction of sp³-hybridized carbons (Fsp3) is 0.0952. The molecule has 0 spiro atoms. The summed E-state index contributed by atoms with van der Waals surface area (Å²) >= 11 is 0. The molecule has 4 aromatic rings. The van der Waals surface area contributed by atoms with Crippen LogP contribution in [0.3, 0.4) is 0 Å². The van der Waals surface area contributed by atoms with E-state index in [1.807, 2.05) is 0 Å². The van der Waals surface area contributed by atoms with Gasteiger partial charge in [0.05, 0.1) is 0 Å². The lowest BCUT2D eigenvalue weighted by atomic mass is 9.85. The molecule has 0 aliphatic carbocycles. The van der Waals surface area contributed by atoms with Crippen LogP contribution in [-0.4, -0.2) is 4.98 Å². The molecule has 0 radical (unpaired) electrons. The van der Waals surface area contributed by atoms with Crippen LogP contribution in [0.2, 0.25) is 0 Å². The van der Waals surface area contributed by atoms with Crippen LogP contribution >= 0.6 is 0 Å². The van der Waals surface area contributed by atoms with Crippen molar-refractivity contribution in [3.8, 4) is 0 Å². The summed E-state index contributed by atoms with van der Waals surface area (Å²) in [6.07, 6.45) is 2.17. The van der Waals surface area contributed by atoms with Gasteiger partial charge in [0.2, 0.25) is 0 Å². The van der Waals surface area contributed by atoms with E-state index < -0.39 is 0 Å². The maximum Gasteiger partial charge on any atom is 0.0459 e. The number of H-pyrrole nitrogens is 1. The Hall–Kier alpha value is -2.67. The quantitative estimate of drug-likeness (QED) is 0.486. The smallest absolute Gasteiger partial charge is 0.0459 e. The molecule has 0 saturated heterocycles. The van der Waals surface area contributed by atoms with Gasteiger partial charge in [0.15, 0.2) is 0 Å². The summed E-state index contributed by atoms with van der Waals surface area (Å²) in [6.45, 7) is 2.19. The first-order valence-corrected chi connectivity index (χ1v) is 7.68. The minimum Gasteiger partial charge on any atom is -0.361 e. The van der Waals surface area contributed by atoms with Crippen LogP contribution in [0.1, 0.15) is 28.2 Å². The summed E-state index contributed by atoms with van der Waals surface area (Å²) in [5.41, 5.74) is 6.56. The lowest BCUT2D eigenvalue weighted by molar-refractivity contribution is 0.993. The number of fused-ring (bicyclic) bond motifs is 1. The van der Waals surface area contributed by atoms with E-state index in [0.29, 0.717) is 0 Å². The summed E-state index contributed by atoms with van der Waals surface area (Å²) in [4.78, 5) is 3.44. The highest BCUT2D eigenvalue weighted by molar-refractivity contribution is 5.88. The van der Waals surface area contributed by atoms with Crippen molar-refractivity contribution in [3.05, 3.63) is 101 Å². The first kappa shape index (κ1) is 13.0. The zero-order valence-electron chi connectivity index (χ0n) is 12.6. The maximum atomic E-state index is 3.44. The number of aryl methyl sites for hydroxylation is 1. The number of aromatic amines is 1. The molecule has 1 N–H and O–H groups in total. The van der Waals surface area contributed by atoms with Crippen molar-refractivity contribution in [1.29, 1.82) is 0 Å². The Morgan fingerprint density at radius 1 is 0.909 bits per heavy atom. The van der Waals surface area contributed by atoms with Gasteiger partial charge in [0.1, 0.15) is 0 Å². The Labute approximate surface area is 130 Å². The van der Waals surface area contributed by atoms with Crippen molar-refractivity contribution in [2.45, 2.75) is 12.8 Å². The van der Waals surface area contributed by atoms with Gasteiger partial charge in [-0.15, -0.1) is 0 Å². The predicted molar refractivity (Wildman–Crippen MR) is 92.5 cm³/mol. The van der Waals surface area contributed by atoms with Gasteiger partial charge < -0.3 is 4.98 Å². The number of rotatable bonds is 3. The standard InChI is InChI=1S/C21H18N/c1-15-8-7-13-19-20(15)18(14-22-19)21(17-11-5-6-12-17)16-9-3-2-4-10-16/h2-14,21-22H,1H3/q-1. The van der Waals surface area contributed by atoms with Gasteiger partial charge >= 0.3 is 0 Å². The molecule has 0 fully saturated rings. The predicted octanol–water partition coefficient (Wildman–Crippen LogP) is 5.38. The van der Waals surface area contributed by atoms with Crippen molar-refractivity contribution in [2.24, 2.45) is 0 Å². The fourth-order valence-electron chi connectivity index (χ4n) is 3.40. The fourth-order valence-corrected chi connectivity index (χ4v) is 3.40. The van der Waals surface area contributed by atoms with Gasteiger partial charge in [-0.05, 0) is 35.6 Å². The van der Waals surface area contributed by atoms with E-state index in [2.05, 4.69) is 90.9 Å². The normalized spacial score (nSPS) is 12.6. The Kier molecular flexibility index (Phi) is 3.12. The van der Waals surface area contributed by atoms with E-state index in [1.165, 1.54) is 33.2 Å². The van der Waals surface area contributed by atoms with Crippen molar-refractivity contribution < 1.29 is 0 Å². The van der Waals surface area contributed by atoms with E-state index in [1.54, 1.807) is 0 Å². The van der Waals surface area contributed by atoms with Crippen LogP contribution in [0, 0.1) is 6.92 Å². The lowest BCUT2D eigenvalue weighted by Gasteiger charge is -2.22. The number of aromatic nitrogens is 1. The molecule has 0 aliphatic heterocycles. The van der Waals surface area contributed by atoms with Gasteiger partial charge in [0, 0.05) is 17.1 Å². The third-order valence-electron chi connectivity index (χ3n) is 4.41. The highest BCUT2D eigenvalue weighted by Gasteiger charge is 2.16. The highest BCUT2D eigenvalue weighted by atomic mass is 14.7. The summed E-state index contributed by atoms with van der Waals surface area (Å²) in [7, 11) is 0. The van der Waals surface area contributed by atoms with E-state index >= 15 is 0 Å². The zero-order chi connectivity index (χ0) is 14.9. The van der Waals surface area contributed by atoms with Crippen molar-refractivity contribution in [1.82, 2.24) is 4.98 Å². The molecule has 0 bridgehead atoms. The van der Waals surface area contributed by atoms with Crippen LogP contribution in [0.4, 0.5) is 0 Å². The molecule has 1 aromatic heterocycles. The molecular formula is C21H18N-. The largest absolute Gasteiger partial charge is 0.361 e. The summed E-state index contributed by atoms with van der Waals surface area (Å²) < 4.78 is 0. The number of hydrogen-bond donors (Lipinski definition) is 1. The molecule has 1 nitrogen and oxygen atoms in total. The van der Waals surface area contributed by atoms with Gasteiger partial charge in [-0.2, -0.15) is 23.8 Å². The second-order valence-corrected chi connectivity index (χ2v) is 5.80. The van der Waals surface area contributed by atoms with Crippen molar-refractivity contribution in [3.63, 3.8) is 0 Å². The summed E-state index contributed by atoms with van der Waals surface area (Å²) in [5, 5.41) is 1.34. The summed E-state index contributed by atoms with van der Waals surface area (Å²) in [6, 6.07) is 25.9. The van der Waals surface area contributed by atoms with E-state index in [9.17, 15) is 0 Å². The van der Waals surface area contributed by atoms with Gasteiger partial charge in [-0.1, -0.05) is 42.5 Å². The zero-order valence-corrected chi connectivity index (χ0v) is 12.6. The molecule has 22 heavy (non-hydrogen) atoms. The van der Waals surface area contributed by atoms with Crippen LogP contribution in [0.5, 0.6) is 0 Å². The molecule has 3 aromatic carbocycles. The third-order valence-corrected chi connectivity index (χ3v) is 4.41. The van der Waals surface area contributed by atoms with Crippen LogP contribution in [0.25, 0.3) is 10.9 Å². The van der Waals surface area contributed by atoms with E-state index in [-0.39, 0.29) is 5.92 Å². The van der Waals surface area contributed by atoms with Crippen molar-refractivity contribution >= 4 is 10.9 Å². The molecular weight excluding hydrogens is 266 g/mol. The van der Waals surface area contributed by atoms with Crippen molar-refractivity contribution in [2.75, 3.05) is 0 Å². The first-order chi connectivity index (χ1) is 10.8. The SMILES string of the molecule is Cc1cccc2[nH]cc(C(c3ccccc3)c3cc[cH-]c3)c12. The molecule has 0 aliphatic rings. The average molecular weight is 284 g/mol. The maximum absolute atomic E-state index is 3.44. The first-order valence-electron chi connectivity index (χ1n) is 7.68.